The van der Waals surface area contributed by atoms with Crippen LogP contribution >= 0.6 is 0 Å². The van der Waals surface area contributed by atoms with E-state index in [1.54, 1.807) is 35.2 Å². The van der Waals surface area contributed by atoms with Crippen molar-refractivity contribution in [2.24, 2.45) is 5.92 Å². The molecule has 0 saturated carbocycles. The first kappa shape index (κ1) is 52.0. The largest absolute Gasteiger partial charge is 0.491 e. The van der Waals surface area contributed by atoms with Crippen LogP contribution in [0.3, 0.4) is 0 Å². The Morgan fingerprint density at radius 2 is 1.46 bits per heavy atom. The molecule has 16 heteroatoms. The first-order chi connectivity index (χ1) is 38.2. The van der Waals surface area contributed by atoms with Gasteiger partial charge in [-0.2, -0.15) is 0 Å². The number of piperazine rings is 1. The van der Waals surface area contributed by atoms with Crippen LogP contribution in [-0.4, -0.2) is 135 Å². The molecule has 0 aliphatic carbocycles. The third-order valence-electron chi connectivity index (χ3n) is 15.4. The van der Waals surface area contributed by atoms with Crippen LogP contribution in [0, 0.1) is 17.8 Å². The Balaban J connectivity index is 1.10. The number of hydrogen-bond donors (Lipinski definition) is 1. The summed E-state index contributed by atoms with van der Waals surface area (Å²) in [6.45, 7) is 2.75. The van der Waals surface area contributed by atoms with Gasteiger partial charge in [0.05, 0.1) is 43.4 Å². The van der Waals surface area contributed by atoms with Crippen molar-refractivity contribution >= 4 is 29.6 Å². The van der Waals surface area contributed by atoms with Gasteiger partial charge in [0.25, 0.3) is 0 Å². The molecule has 16 nitrogen and oxygen atoms in total. The number of amides is 3. The summed E-state index contributed by atoms with van der Waals surface area (Å²) in [4.78, 5) is 73.0. The number of carbonyl (C=O) groups excluding carboxylic acids is 4. The smallest absolute Gasteiger partial charge is 0.421 e. The molecule has 6 aromatic rings. The molecule has 6 aromatic carbocycles. The van der Waals surface area contributed by atoms with E-state index in [1.807, 2.05) is 121 Å². The minimum atomic E-state index is -2.07. The third kappa shape index (κ3) is 9.84. The number of hydrogen-bond acceptors (Lipinski definition) is 14. The average Bonchev–Trinajstić information content (AvgIpc) is 4.07. The highest BCUT2D eigenvalue weighted by Gasteiger charge is 2.76. The monoisotopic (exact) mass is 1050 g/mol. The number of aliphatic hydroxyl groups excluding tert-OH is 1. The van der Waals surface area contributed by atoms with Crippen molar-refractivity contribution in [1.29, 1.82) is 0 Å². The van der Waals surface area contributed by atoms with Crippen molar-refractivity contribution in [2.75, 3.05) is 85.0 Å². The summed E-state index contributed by atoms with van der Waals surface area (Å²) < 4.78 is 35.4. The van der Waals surface area contributed by atoms with Gasteiger partial charge in [0, 0.05) is 57.5 Å². The fourth-order valence-electron chi connectivity index (χ4n) is 12.0. The minimum Gasteiger partial charge on any atom is -0.491 e. The van der Waals surface area contributed by atoms with Gasteiger partial charge in [-0.25, -0.2) is 9.69 Å². The lowest BCUT2D eigenvalue weighted by Gasteiger charge is -2.46. The van der Waals surface area contributed by atoms with E-state index in [-0.39, 0.29) is 52.0 Å². The molecule has 3 fully saturated rings. The number of para-hydroxylation sites is 1. The number of esters is 1. The molecule has 5 heterocycles. The summed E-state index contributed by atoms with van der Waals surface area (Å²) >= 11 is 0. The lowest BCUT2D eigenvalue weighted by molar-refractivity contribution is -0.179. The van der Waals surface area contributed by atoms with Crippen LogP contribution in [-0.2, 0) is 47.1 Å². The number of imide groups is 1. The Kier molecular flexibility index (Phi) is 15.3. The molecular formula is C62H61N5O11. The van der Waals surface area contributed by atoms with Gasteiger partial charge in [-0.1, -0.05) is 127 Å². The highest BCUT2D eigenvalue weighted by molar-refractivity contribution is 6.23. The number of fused-ring (bicyclic) bond motifs is 4. The fraction of sp³-hybridized carbons (Fsp3) is 0.323. The van der Waals surface area contributed by atoms with Crippen molar-refractivity contribution in [1.82, 2.24) is 19.6 Å². The number of anilines is 1. The van der Waals surface area contributed by atoms with Gasteiger partial charge in [-0.05, 0) is 71.3 Å². The fourth-order valence-corrected chi connectivity index (χ4v) is 12.0. The van der Waals surface area contributed by atoms with Crippen molar-refractivity contribution in [3.05, 3.63) is 191 Å². The summed E-state index contributed by atoms with van der Waals surface area (Å²) in [6.07, 6.45) is -1.91. The molecule has 11 rings (SSSR count). The summed E-state index contributed by atoms with van der Waals surface area (Å²) in [5.41, 5.74) is 3.00. The number of nitrogens with zero attached hydrogens (tertiary/aromatic N) is 5. The Morgan fingerprint density at radius 1 is 0.756 bits per heavy atom. The van der Waals surface area contributed by atoms with Gasteiger partial charge in [0.15, 0.2) is 11.5 Å². The number of cyclic esters (lactones) is 1. The van der Waals surface area contributed by atoms with Gasteiger partial charge in [0.1, 0.15) is 36.5 Å². The van der Waals surface area contributed by atoms with E-state index in [1.165, 1.54) is 7.11 Å². The maximum Gasteiger partial charge on any atom is 0.421 e. The number of carbonyl (C=O) groups is 4. The summed E-state index contributed by atoms with van der Waals surface area (Å²) in [5.74, 6) is 4.92. The quantitative estimate of drug-likeness (QED) is 0.0633. The number of rotatable bonds is 15. The number of aliphatic hydroxyl groups is 1. The average molecular weight is 1050 g/mol. The molecule has 78 heavy (non-hydrogen) atoms. The zero-order valence-electron chi connectivity index (χ0n) is 43.6. The van der Waals surface area contributed by atoms with Crippen LogP contribution in [0.25, 0.3) is 0 Å². The van der Waals surface area contributed by atoms with E-state index in [4.69, 9.17) is 28.4 Å². The Bertz CT molecular complexity index is 3220. The van der Waals surface area contributed by atoms with Crippen molar-refractivity contribution < 1.29 is 52.7 Å². The van der Waals surface area contributed by atoms with Gasteiger partial charge in [-0.15, -0.1) is 0 Å². The molecule has 5 aliphatic heterocycles. The van der Waals surface area contributed by atoms with E-state index in [0.29, 0.717) is 72.2 Å². The lowest BCUT2D eigenvalue weighted by Crippen LogP contribution is -2.59. The van der Waals surface area contributed by atoms with Gasteiger partial charge < -0.3 is 38.4 Å². The van der Waals surface area contributed by atoms with Crippen LogP contribution in [0.1, 0.15) is 57.1 Å². The standard InChI is InChI=1S/C62H61N5O11/c1-63(39-43-15-6-3-7-16-43)28-14-17-42-24-26-49-48(37-42)62(60(71)66(49)61(72)75-36-35-73-2)53(58(69)65-31-29-64(30-32-65)40-44-25-27-51-52(38-44)77-41-76-51)55-59(70)78-56(46-20-10-5-11-21-46)54(45-18-8-4-9-19-45)67(55)57(62)47-22-12-13-23-50(47)74-34-33-68/h3-13,15-16,18-27,37-38,53-57,68H,28-36,39-41H2,1-2H3. The van der Waals surface area contributed by atoms with Crippen molar-refractivity contribution in [2.45, 2.75) is 42.7 Å². The molecule has 5 aliphatic rings. The van der Waals surface area contributed by atoms with Crippen LogP contribution in [0.15, 0.2) is 152 Å². The summed E-state index contributed by atoms with van der Waals surface area (Å²) in [5, 5.41) is 10.2. The zero-order chi connectivity index (χ0) is 53.8. The molecule has 6 unspecified atom stereocenters. The molecule has 1 N–H and O–H groups in total. The van der Waals surface area contributed by atoms with Gasteiger partial charge >= 0.3 is 12.1 Å². The first-order valence-corrected chi connectivity index (χ1v) is 26.4. The molecule has 6 atom stereocenters. The van der Waals surface area contributed by atoms with E-state index in [2.05, 4.69) is 33.8 Å². The van der Waals surface area contributed by atoms with E-state index < -0.39 is 59.4 Å². The maximum atomic E-state index is 16.8. The normalized spacial score (nSPS) is 22.4. The molecule has 3 saturated heterocycles. The predicted molar refractivity (Wildman–Crippen MR) is 288 cm³/mol. The zero-order valence-corrected chi connectivity index (χ0v) is 43.6. The Hall–Kier alpha value is -8.04. The number of morpholine rings is 1. The van der Waals surface area contributed by atoms with E-state index in [0.717, 1.165) is 21.6 Å². The predicted octanol–water partition coefficient (Wildman–Crippen LogP) is 7.06. The van der Waals surface area contributed by atoms with E-state index >= 15 is 14.4 Å². The molecule has 0 aromatic heterocycles. The number of methoxy groups -OCH3 is 1. The second-order valence-electron chi connectivity index (χ2n) is 20.1. The van der Waals surface area contributed by atoms with Crippen LogP contribution < -0.4 is 19.1 Å². The molecule has 0 bridgehead atoms. The lowest BCUT2D eigenvalue weighted by atomic mass is 9.64. The second kappa shape index (κ2) is 22.9. The molecule has 1 spiro atoms. The second-order valence-corrected chi connectivity index (χ2v) is 20.1. The topological polar surface area (TPSA) is 160 Å². The molecule has 400 valence electrons. The van der Waals surface area contributed by atoms with Crippen molar-refractivity contribution in [3.8, 4) is 29.1 Å². The Labute approximate surface area is 453 Å². The summed E-state index contributed by atoms with van der Waals surface area (Å²) in [6, 6.07) is 44.0. The number of benzene rings is 6. The minimum absolute atomic E-state index is 0.0558. The Morgan fingerprint density at radius 3 is 2.21 bits per heavy atom. The first-order valence-electron chi connectivity index (χ1n) is 26.4. The van der Waals surface area contributed by atoms with Crippen LogP contribution in [0.2, 0.25) is 0 Å². The van der Waals surface area contributed by atoms with Crippen LogP contribution in [0.5, 0.6) is 17.2 Å². The molecule has 0 radical (unpaired) electrons. The molecular weight excluding hydrogens is 991 g/mol. The maximum absolute atomic E-state index is 16.8. The van der Waals surface area contributed by atoms with Gasteiger partial charge in [-0.3, -0.25) is 29.1 Å². The summed E-state index contributed by atoms with van der Waals surface area (Å²) in [7, 11) is 3.47. The SMILES string of the molecule is COCCOC(=O)N1C(=O)C2(c3cc(C#CCN(C)Cc4ccccc4)ccc31)C(C(=O)N1CCN(Cc3ccc4c(c3)OCO4)CC1)C1C(=O)OC(c3ccccc3)C(c3ccccc3)N1C2c1ccccc1OCCO. The van der Waals surface area contributed by atoms with Gasteiger partial charge in [0.2, 0.25) is 18.6 Å². The van der Waals surface area contributed by atoms with E-state index in [9.17, 15) is 9.90 Å². The molecule has 3 amide bonds. The highest BCUT2D eigenvalue weighted by atomic mass is 16.7. The highest BCUT2D eigenvalue weighted by Crippen LogP contribution is 2.67. The van der Waals surface area contributed by atoms with Crippen molar-refractivity contribution in [3.63, 3.8) is 0 Å². The number of ether oxygens (including phenoxy) is 6. The third-order valence-corrected chi connectivity index (χ3v) is 15.4. The van der Waals surface area contributed by atoms with Crippen LogP contribution in [0.4, 0.5) is 10.5 Å².